The predicted molar refractivity (Wildman–Crippen MR) is 95.4 cm³/mol. The molecule has 3 nitrogen and oxygen atoms in total. The maximum absolute atomic E-state index is 12.7. The van der Waals surface area contributed by atoms with E-state index in [4.69, 9.17) is 9.47 Å². The average molecular weight is 330 g/mol. The molecule has 1 aliphatic heterocycles. The fourth-order valence-electron chi connectivity index (χ4n) is 3.10. The molecule has 25 heavy (non-hydrogen) atoms. The van der Waals surface area contributed by atoms with Crippen LogP contribution in [0, 0.1) is 0 Å². The Bertz CT molecular complexity index is 874. The molecule has 3 heteroatoms. The third kappa shape index (κ3) is 3.06. The van der Waals surface area contributed by atoms with Crippen molar-refractivity contribution in [1.29, 1.82) is 0 Å². The Morgan fingerprint density at radius 1 is 0.840 bits per heavy atom. The van der Waals surface area contributed by atoms with Crippen molar-refractivity contribution >= 4 is 5.78 Å². The quantitative estimate of drug-likeness (QED) is 0.694. The number of hydrogen-bond acceptors (Lipinski definition) is 3. The third-order valence-electron chi connectivity index (χ3n) is 4.38. The van der Waals surface area contributed by atoms with E-state index in [1.54, 1.807) is 6.07 Å². The molecular formula is C22H18O3. The van der Waals surface area contributed by atoms with E-state index in [0.717, 1.165) is 11.1 Å². The fraction of sp³-hybridized carbons (Fsp3) is 0.136. The molecule has 4 rings (SSSR count). The van der Waals surface area contributed by atoms with Crippen molar-refractivity contribution in [1.82, 2.24) is 0 Å². The summed E-state index contributed by atoms with van der Waals surface area (Å²) in [5, 5.41) is 0. The van der Waals surface area contributed by atoms with Crippen LogP contribution < -0.4 is 4.74 Å². The monoisotopic (exact) mass is 330 g/mol. The molecule has 0 saturated heterocycles. The van der Waals surface area contributed by atoms with Crippen LogP contribution in [0.4, 0.5) is 0 Å². The molecule has 0 aliphatic carbocycles. The lowest BCUT2D eigenvalue weighted by Gasteiger charge is -2.38. The summed E-state index contributed by atoms with van der Waals surface area (Å²) in [6.07, 6.45) is 0.154. The predicted octanol–water partition coefficient (Wildman–Crippen LogP) is 4.72. The normalized spacial score (nSPS) is 19.1. The summed E-state index contributed by atoms with van der Waals surface area (Å²) in [7, 11) is 0. The van der Waals surface area contributed by atoms with Crippen molar-refractivity contribution in [3.8, 4) is 5.75 Å². The Balaban J connectivity index is 1.72. The molecule has 3 aromatic carbocycles. The zero-order valence-electron chi connectivity index (χ0n) is 13.7. The molecule has 0 amide bonds. The van der Waals surface area contributed by atoms with Crippen LogP contribution >= 0.6 is 0 Å². The zero-order chi connectivity index (χ0) is 17.1. The topological polar surface area (TPSA) is 35.5 Å². The van der Waals surface area contributed by atoms with Gasteiger partial charge in [0.2, 0.25) is 5.79 Å². The molecule has 0 fully saturated rings. The number of benzene rings is 3. The Morgan fingerprint density at radius 3 is 2.24 bits per heavy atom. The number of fused-ring (bicyclic) bond motifs is 1. The van der Waals surface area contributed by atoms with Gasteiger partial charge in [0, 0.05) is 5.56 Å². The second kappa shape index (κ2) is 6.54. The SMILES string of the molecule is O=C1CC(OCc2ccccc2)(c2ccccc2)Oc2ccccc21. The van der Waals surface area contributed by atoms with Crippen LogP contribution in [-0.2, 0) is 17.1 Å². The van der Waals surface area contributed by atoms with E-state index >= 15 is 0 Å². The van der Waals surface area contributed by atoms with Gasteiger partial charge in [0.15, 0.2) is 5.78 Å². The Labute approximate surface area is 146 Å². The van der Waals surface area contributed by atoms with Gasteiger partial charge in [-0.05, 0) is 17.7 Å². The second-order valence-electron chi connectivity index (χ2n) is 6.09. The molecule has 0 aromatic heterocycles. The third-order valence-corrected chi connectivity index (χ3v) is 4.38. The number of Topliss-reactive ketones (excluding diaryl/α,β-unsaturated/α-hetero) is 1. The highest BCUT2D eigenvalue weighted by Crippen LogP contribution is 2.40. The first-order valence-electron chi connectivity index (χ1n) is 8.31. The van der Waals surface area contributed by atoms with Crippen LogP contribution in [0.3, 0.4) is 0 Å². The van der Waals surface area contributed by atoms with Gasteiger partial charge in [-0.3, -0.25) is 4.79 Å². The summed E-state index contributed by atoms with van der Waals surface area (Å²) < 4.78 is 12.5. The number of hydrogen-bond donors (Lipinski definition) is 0. The van der Waals surface area contributed by atoms with Crippen molar-refractivity contribution in [3.63, 3.8) is 0 Å². The van der Waals surface area contributed by atoms with E-state index in [1.807, 2.05) is 78.9 Å². The number of para-hydroxylation sites is 1. The molecule has 0 bridgehead atoms. The molecular weight excluding hydrogens is 312 g/mol. The maximum atomic E-state index is 12.7. The highest BCUT2D eigenvalue weighted by atomic mass is 16.7. The average Bonchev–Trinajstić information content (AvgIpc) is 2.68. The van der Waals surface area contributed by atoms with E-state index < -0.39 is 5.79 Å². The number of ether oxygens (including phenoxy) is 2. The van der Waals surface area contributed by atoms with E-state index in [9.17, 15) is 4.79 Å². The van der Waals surface area contributed by atoms with Gasteiger partial charge in [-0.1, -0.05) is 72.8 Å². The van der Waals surface area contributed by atoms with Gasteiger partial charge in [0.05, 0.1) is 18.6 Å². The van der Waals surface area contributed by atoms with Gasteiger partial charge in [-0.25, -0.2) is 0 Å². The van der Waals surface area contributed by atoms with Crippen LogP contribution in [0.25, 0.3) is 0 Å². The minimum absolute atomic E-state index is 0.0266. The highest BCUT2D eigenvalue weighted by Gasteiger charge is 2.43. The molecule has 124 valence electrons. The van der Waals surface area contributed by atoms with Crippen LogP contribution in [0.5, 0.6) is 5.75 Å². The van der Waals surface area contributed by atoms with Gasteiger partial charge in [0.25, 0.3) is 0 Å². The summed E-state index contributed by atoms with van der Waals surface area (Å²) in [5.74, 6) is -0.517. The number of carbonyl (C=O) groups excluding carboxylic acids is 1. The molecule has 1 heterocycles. The summed E-state index contributed by atoms with van der Waals surface area (Å²) >= 11 is 0. The molecule has 0 N–H and O–H groups in total. The van der Waals surface area contributed by atoms with Gasteiger partial charge in [-0.2, -0.15) is 0 Å². The lowest BCUT2D eigenvalue weighted by atomic mass is 9.93. The first-order valence-corrected chi connectivity index (χ1v) is 8.31. The lowest BCUT2D eigenvalue weighted by Crippen LogP contribution is -2.41. The van der Waals surface area contributed by atoms with Crippen LogP contribution in [0.2, 0.25) is 0 Å². The molecule has 1 aliphatic rings. The first kappa shape index (κ1) is 15.6. The Hall–Kier alpha value is -2.91. The van der Waals surface area contributed by atoms with Gasteiger partial charge >= 0.3 is 0 Å². The smallest absolute Gasteiger partial charge is 0.245 e. The van der Waals surface area contributed by atoms with Gasteiger partial charge in [0.1, 0.15) is 5.75 Å². The number of rotatable bonds is 4. The van der Waals surface area contributed by atoms with Gasteiger partial charge < -0.3 is 9.47 Å². The summed E-state index contributed by atoms with van der Waals surface area (Å²) in [5.41, 5.74) is 2.49. The zero-order valence-corrected chi connectivity index (χ0v) is 13.7. The number of ketones is 1. The van der Waals surface area contributed by atoms with Crippen molar-refractivity contribution in [2.75, 3.05) is 0 Å². The molecule has 3 aromatic rings. The Kier molecular flexibility index (Phi) is 4.08. The van der Waals surface area contributed by atoms with Crippen LogP contribution in [-0.4, -0.2) is 5.78 Å². The minimum Gasteiger partial charge on any atom is -0.457 e. The van der Waals surface area contributed by atoms with Crippen molar-refractivity contribution in [2.45, 2.75) is 18.8 Å². The van der Waals surface area contributed by atoms with E-state index in [-0.39, 0.29) is 12.2 Å². The fourth-order valence-corrected chi connectivity index (χ4v) is 3.10. The van der Waals surface area contributed by atoms with E-state index in [0.29, 0.717) is 17.9 Å². The summed E-state index contributed by atoms with van der Waals surface area (Å²) in [6, 6.07) is 26.9. The standard InChI is InChI=1S/C22H18O3/c23-20-15-22(18-11-5-2-6-12-18,24-16-17-9-3-1-4-10-17)25-21-14-8-7-13-19(20)21/h1-14H,15-16H2. The highest BCUT2D eigenvalue weighted by molar-refractivity contribution is 6.00. The largest absolute Gasteiger partial charge is 0.457 e. The van der Waals surface area contributed by atoms with Crippen molar-refractivity contribution < 1.29 is 14.3 Å². The first-order chi connectivity index (χ1) is 12.3. The molecule has 0 radical (unpaired) electrons. The molecule has 0 saturated carbocycles. The lowest BCUT2D eigenvalue weighted by molar-refractivity contribution is -0.201. The van der Waals surface area contributed by atoms with Crippen molar-refractivity contribution in [3.05, 3.63) is 102 Å². The number of carbonyl (C=O) groups is 1. The van der Waals surface area contributed by atoms with Crippen LogP contribution in [0.15, 0.2) is 84.9 Å². The molecule has 0 spiro atoms. The molecule has 1 atom stereocenters. The van der Waals surface area contributed by atoms with E-state index in [1.165, 1.54) is 0 Å². The van der Waals surface area contributed by atoms with Crippen LogP contribution in [0.1, 0.15) is 27.9 Å². The summed E-state index contributed by atoms with van der Waals surface area (Å²) in [6.45, 7) is 0.366. The minimum atomic E-state index is -1.11. The Morgan fingerprint density at radius 2 is 1.48 bits per heavy atom. The maximum Gasteiger partial charge on any atom is 0.245 e. The summed E-state index contributed by atoms with van der Waals surface area (Å²) in [4.78, 5) is 12.7. The second-order valence-corrected chi connectivity index (χ2v) is 6.09. The van der Waals surface area contributed by atoms with Gasteiger partial charge in [-0.15, -0.1) is 0 Å². The molecule has 1 unspecified atom stereocenters. The van der Waals surface area contributed by atoms with Crippen molar-refractivity contribution in [2.24, 2.45) is 0 Å². The van der Waals surface area contributed by atoms with E-state index in [2.05, 4.69) is 0 Å².